The van der Waals surface area contributed by atoms with E-state index in [0.29, 0.717) is 12.5 Å². The summed E-state index contributed by atoms with van der Waals surface area (Å²) >= 11 is 0. The van der Waals surface area contributed by atoms with E-state index in [2.05, 4.69) is 21.9 Å². The van der Waals surface area contributed by atoms with Gasteiger partial charge in [0.25, 0.3) is 0 Å². The van der Waals surface area contributed by atoms with E-state index in [4.69, 9.17) is 0 Å². The third-order valence-electron chi connectivity index (χ3n) is 3.06. The lowest BCUT2D eigenvalue weighted by atomic mass is 10.2. The minimum atomic E-state index is -4.21. The Morgan fingerprint density at radius 2 is 2.11 bits per heavy atom. The van der Waals surface area contributed by atoms with Crippen LogP contribution < -0.4 is 5.32 Å². The van der Waals surface area contributed by atoms with Gasteiger partial charge in [0.15, 0.2) is 0 Å². The van der Waals surface area contributed by atoms with E-state index in [1.807, 2.05) is 0 Å². The van der Waals surface area contributed by atoms with Crippen molar-refractivity contribution in [3.63, 3.8) is 0 Å². The Morgan fingerprint density at radius 3 is 2.67 bits per heavy atom. The molecule has 0 aromatic rings. The maximum Gasteiger partial charge on any atom is 0.411 e. The molecule has 1 unspecified atom stereocenters. The van der Waals surface area contributed by atoms with Gasteiger partial charge in [0.1, 0.15) is 6.61 Å². The van der Waals surface area contributed by atoms with E-state index in [-0.39, 0.29) is 6.61 Å². The Labute approximate surface area is 107 Å². The van der Waals surface area contributed by atoms with Crippen molar-refractivity contribution in [2.45, 2.75) is 38.4 Å². The average Bonchev–Trinajstić information content (AvgIpc) is 2.79. The molecule has 18 heavy (non-hydrogen) atoms. The molecule has 1 aliphatic heterocycles. The van der Waals surface area contributed by atoms with Gasteiger partial charge < -0.3 is 10.1 Å². The third kappa shape index (κ3) is 6.56. The van der Waals surface area contributed by atoms with Gasteiger partial charge in [-0.2, -0.15) is 13.2 Å². The lowest BCUT2D eigenvalue weighted by Gasteiger charge is -2.27. The summed E-state index contributed by atoms with van der Waals surface area (Å²) in [6, 6.07) is 0.535. The number of ether oxygens (including phenoxy) is 1. The molecule has 0 radical (unpaired) electrons. The fourth-order valence-corrected chi connectivity index (χ4v) is 2.27. The highest BCUT2D eigenvalue weighted by molar-refractivity contribution is 4.80. The minimum Gasteiger partial charge on any atom is -0.372 e. The van der Waals surface area contributed by atoms with Gasteiger partial charge in [0, 0.05) is 25.7 Å². The van der Waals surface area contributed by atoms with E-state index in [1.54, 1.807) is 0 Å². The summed E-state index contributed by atoms with van der Waals surface area (Å²) in [5.41, 5.74) is 0. The molecule has 1 rings (SSSR count). The molecule has 1 atom stereocenters. The standard InChI is InChI=1S/C12H23F3N2O/c1-2-6-17(11-4-5-16-9-11)7-3-8-18-10-12(13,14)15/h11,16H,2-10H2,1H3. The van der Waals surface area contributed by atoms with Gasteiger partial charge in [0.05, 0.1) is 0 Å². The average molecular weight is 268 g/mol. The van der Waals surface area contributed by atoms with Crippen LogP contribution >= 0.6 is 0 Å². The monoisotopic (exact) mass is 268 g/mol. The maximum absolute atomic E-state index is 11.9. The Kier molecular flexibility index (Phi) is 6.96. The summed E-state index contributed by atoms with van der Waals surface area (Å²) in [6.45, 7) is 5.02. The first-order valence-electron chi connectivity index (χ1n) is 6.62. The molecule has 0 aromatic heterocycles. The van der Waals surface area contributed by atoms with Gasteiger partial charge in [-0.15, -0.1) is 0 Å². The van der Waals surface area contributed by atoms with Crippen LogP contribution in [0.5, 0.6) is 0 Å². The zero-order valence-electron chi connectivity index (χ0n) is 10.9. The summed E-state index contributed by atoms with van der Waals surface area (Å²) in [7, 11) is 0. The second-order valence-corrected chi connectivity index (χ2v) is 4.70. The molecule has 0 saturated carbocycles. The molecule has 0 bridgehead atoms. The van der Waals surface area contributed by atoms with Crippen molar-refractivity contribution < 1.29 is 17.9 Å². The lowest BCUT2D eigenvalue weighted by molar-refractivity contribution is -0.174. The predicted molar refractivity (Wildman–Crippen MR) is 64.6 cm³/mol. The molecular weight excluding hydrogens is 245 g/mol. The minimum absolute atomic E-state index is 0.180. The van der Waals surface area contributed by atoms with Crippen LogP contribution in [0.1, 0.15) is 26.2 Å². The van der Waals surface area contributed by atoms with Crippen molar-refractivity contribution in [2.24, 2.45) is 0 Å². The summed E-state index contributed by atoms with van der Waals surface area (Å²) in [5.74, 6) is 0. The van der Waals surface area contributed by atoms with Gasteiger partial charge in [-0.3, -0.25) is 4.90 Å². The zero-order chi connectivity index (χ0) is 13.4. The third-order valence-corrected chi connectivity index (χ3v) is 3.06. The van der Waals surface area contributed by atoms with Crippen LogP contribution in [0.25, 0.3) is 0 Å². The van der Waals surface area contributed by atoms with Crippen molar-refractivity contribution in [1.29, 1.82) is 0 Å². The zero-order valence-corrected chi connectivity index (χ0v) is 10.9. The van der Waals surface area contributed by atoms with E-state index < -0.39 is 12.8 Å². The molecule has 0 spiro atoms. The molecular formula is C12H23F3N2O. The van der Waals surface area contributed by atoms with Crippen LogP contribution in [-0.4, -0.2) is 56.5 Å². The van der Waals surface area contributed by atoms with Gasteiger partial charge >= 0.3 is 6.18 Å². The molecule has 1 heterocycles. The van der Waals surface area contributed by atoms with E-state index >= 15 is 0 Å². The Bertz CT molecular complexity index is 218. The van der Waals surface area contributed by atoms with Crippen LogP contribution in [0, 0.1) is 0 Å². The van der Waals surface area contributed by atoms with Crippen molar-refractivity contribution in [2.75, 3.05) is 39.4 Å². The van der Waals surface area contributed by atoms with Crippen molar-refractivity contribution in [3.05, 3.63) is 0 Å². The Hall–Kier alpha value is -0.330. The number of nitrogens with one attached hydrogen (secondary N) is 1. The maximum atomic E-state index is 11.9. The SMILES string of the molecule is CCCN(CCCOCC(F)(F)F)C1CCNC1. The summed E-state index contributed by atoms with van der Waals surface area (Å²) < 4.78 is 40.2. The summed E-state index contributed by atoms with van der Waals surface area (Å²) in [4.78, 5) is 2.36. The first-order chi connectivity index (χ1) is 8.53. The topological polar surface area (TPSA) is 24.5 Å². The number of hydrogen-bond acceptors (Lipinski definition) is 3. The molecule has 3 nitrogen and oxygen atoms in total. The molecule has 1 N–H and O–H groups in total. The molecule has 6 heteroatoms. The highest BCUT2D eigenvalue weighted by Crippen LogP contribution is 2.15. The van der Waals surface area contributed by atoms with Gasteiger partial charge in [-0.1, -0.05) is 6.92 Å². The van der Waals surface area contributed by atoms with Gasteiger partial charge in [-0.25, -0.2) is 0 Å². The highest BCUT2D eigenvalue weighted by atomic mass is 19.4. The normalized spacial score (nSPS) is 20.8. The van der Waals surface area contributed by atoms with Crippen LogP contribution in [0.3, 0.4) is 0 Å². The number of rotatable bonds is 8. The van der Waals surface area contributed by atoms with Crippen molar-refractivity contribution in [3.8, 4) is 0 Å². The quantitative estimate of drug-likeness (QED) is 0.682. The number of alkyl halides is 3. The number of hydrogen-bond donors (Lipinski definition) is 1. The Balaban J connectivity index is 2.13. The predicted octanol–water partition coefficient (Wildman–Crippen LogP) is 2.03. The van der Waals surface area contributed by atoms with Crippen molar-refractivity contribution >= 4 is 0 Å². The van der Waals surface area contributed by atoms with E-state index in [9.17, 15) is 13.2 Å². The fourth-order valence-electron chi connectivity index (χ4n) is 2.27. The second-order valence-electron chi connectivity index (χ2n) is 4.70. The van der Waals surface area contributed by atoms with Crippen LogP contribution in [0.2, 0.25) is 0 Å². The number of halogens is 3. The van der Waals surface area contributed by atoms with Crippen LogP contribution in [0.4, 0.5) is 13.2 Å². The van der Waals surface area contributed by atoms with E-state index in [1.165, 1.54) is 0 Å². The van der Waals surface area contributed by atoms with E-state index in [0.717, 1.165) is 39.0 Å². The number of nitrogens with zero attached hydrogens (tertiary/aromatic N) is 1. The first kappa shape index (κ1) is 15.7. The molecule has 0 aromatic carbocycles. The summed E-state index contributed by atoms with van der Waals surface area (Å²) in [5, 5.41) is 3.31. The Morgan fingerprint density at radius 1 is 1.33 bits per heavy atom. The second kappa shape index (κ2) is 7.96. The molecule has 108 valence electrons. The van der Waals surface area contributed by atoms with Gasteiger partial charge in [-0.05, 0) is 32.4 Å². The van der Waals surface area contributed by atoms with Gasteiger partial charge in [0.2, 0.25) is 0 Å². The molecule has 1 aliphatic rings. The largest absolute Gasteiger partial charge is 0.411 e. The fraction of sp³-hybridized carbons (Fsp3) is 1.00. The lowest BCUT2D eigenvalue weighted by Crippen LogP contribution is -2.38. The first-order valence-corrected chi connectivity index (χ1v) is 6.62. The molecule has 1 saturated heterocycles. The van der Waals surface area contributed by atoms with Crippen molar-refractivity contribution in [1.82, 2.24) is 10.2 Å². The molecule has 0 aliphatic carbocycles. The van der Waals surface area contributed by atoms with Crippen LogP contribution in [-0.2, 0) is 4.74 Å². The smallest absolute Gasteiger partial charge is 0.372 e. The molecule has 1 fully saturated rings. The highest BCUT2D eigenvalue weighted by Gasteiger charge is 2.27. The van der Waals surface area contributed by atoms with Crippen LogP contribution in [0.15, 0.2) is 0 Å². The summed E-state index contributed by atoms with van der Waals surface area (Å²) in [6.07, 6.45) is -1.35. The molecule has 0 amide bonds.